The van der Waals surface area contributed by atoms with Gasteiger partial charge in [-0.05, 0) is 44.0 Å². The highest BCUT2D eigenvalue weighted by Crippen LogP contribution is 2.24. The van der Waals surface area contributed by atoms with Gasteiger partial charge >= 0.3 is 0 Å². The number of rotatable bonds is 5. The largest absolute Gasteiger partial charge is 0.371 e. The molecule has 22 heavy (non-hydrogen) atoms. The average Bonchev–Trinajstić information content (AvgIpc) is 2.47. The van der Waals surface area contributed by atoms with Gasteiger partial charge in [0.25, 0.3) is 0 Å². The molecule has 1 aliphatic heterocycles. The Balaban J connectivity index is 1.93. The summed E-state index contributed by atoms with van der Waals surface area (Å²) in [6, 6.07) is 7.32. The highest BCUT2D eigenvalue weighted by molar-refractivity contribution is 7.92. The predicted molar refractivity (Wildman–Crippen MR) is 88.5 cm³/mol. The molecule has 0 aromatic heterocycles. The number of sulfonamides is 1. The molecular weight excluding hydrogens is 302 g/mol. The van der Waals surface area contributed by atoms with Crippen molar-refractivity contribution >= 4 is 27.3 Å². The van der Waals surface area contributed by atoms with Crippen LogP contribution in [0, 0.1) is 5.92 Å². The lowest BCUT2D eigenvalue weighted by Gasteiger charge is -2.33. The maximum absolute atomic E-state index is 11.8. The zero-order chi connectivity index (χ0) is 16.2. The normalized spacial score (nSPS) is 16.4. The Morgan fingerprint density at radius 1 is 1.23 bits per heavy atom. The average molecular weight is 325 g/mol. The van der Waals surface area contributed by atoms with Crippen LogP contribution in [-0.2, 0) is 14.8 Å². The summed E-state index contributed by atoms with van der Waals surface area (Å²) in [4.78, 5) is 14.0. The molecule has 1 fully saturated rings. The molecule has 1 aromatic carbocycles. The minimum atomic E-state index is -3.25. The van der Waals surface area contributed by atoms with Crippen molar-refractivity contribution in [1.82, 2.24) is 5.32 Å². The summed E-state index contributed by atoms with van der Waals surface area (Å²) in [6.07, 6.45) is 2.82. The van der Waals surface area contributed by atoms with Gasteiger partial charge in [0.2, 0.25) is 15.9 Å². The second-order valence-electron chi connectivity index (χ2n) is 5.58. The van der Waals surface area contributed by atoms with Gasteiger partial charge in [-0.15, -0.1) is 0 Å². The van der Waals surface area contributed by atoms with Crippen molar-refractivity contribution in [3.05, 3.63) is 24.3 Å². The SMILES string of the molecule is CCNC(=O)C1CCN(c2ccc(NS(C)(=O)=O)cc2)CC1. The zero-order valence-electron chi connectivity index (χ0n) is 13.0. The molecule has 0 spiro atoms. The van der Waals surface area contributed by atoms with Crippen LogP contribution < -0.4 is 14.9 Å². The number of amides is 1. The van der Waals surface area contributed by atoms with Gasteiger partial charge in [-0.3, -0.25) is 9.52 Å². The third-order valence-corrected chi connectivity index (χ3v) is 4.36. The van der Waals surface area contributed by atoms with E-state index in [0.29, 0.717) is 12.2 Å². The van der Waals surface area contributed by atoms with Crippen LogP contribution in [0.5, 0.6) is 0 Å². The summed E-state index contributed by atoms with van der Waals surface area (Å²) in [5.41, 5.74) is 1.61. The van der Waals surface area contributed by atoms with Gasteiger partial charge in [-0.25, -0.2) is 8.42 Å². The quantitative estimate of drug-likeness (QED) is 0.858. The molecule has 2 N–H and O–H groups in total. The molecule has 0 aliphatic carbocycles. The monoisotopic (exact) mass is 325 g/mol. The number of nitrogens with one attached hydrogen (secondary N) is 2. The summed E-state index contributed by atoms with van der Waals surface area (Å²) in [7, 11) is -3.25. The van der Waals surface area contributed by atoms with Crippen LogP contribution in [0.4, 0.5) is 11.4 Å². The molecule has 1 aromatic rings. The summed E-state index contributed by atoms with van der Waals surface area (Å²) in [5.74, 6) is 0.247. The van der Waals surface area contributed by atoms with E-state index in [9.17, 15) is 13.2 Å². The van der Waals surface area contributed by atoms with E-state index in [2.05, 4.69) is 14.9 Å². The van der Waals surface area contributed by atoms with Gasteiger partial charge in [0.05, 0.1) is 6.26 Å². The van der Waals surface area contributed by atoms with E-state index < -0.39 is 10.0 Å². The lowest BCUT2D eigenvalue weighted by molar-refractivity contribution is -0.125. The Hall–Kier alpha value is -1.76. The molecule has 0 atom stereocenters. The number of anilines is 2. The Kier molecular flexibility index (Phi) is 5.28. The fourth-order valence-electron chi connectivity index (χ4n) is 2.67. The topological polar surface area (TPSA) is 78.5 Å². The van der Waals surface area contributed by atoms with Crippen LogP contribution in [0.25, 0.3) is 0 Å². The standard InChI is InChI=1S/C15H23N3O3S/c1-3-16-15(19)12-8-10-18(11-9-12)14-6-4-13(5-7-14)17-22(2,20)21/h4-7,12,17H,3,8-11H2,1-2H3,(H,16,19). The molecule has 1 heterocycles. The number of nitrogens with zero attached hydrogens (tertiary/aromatic N) is 1. The molecule has 1 aliphatic rings. The van der Waals surface area contributed by atoms with E-state index in [1.165, 1.54) is 0 Å². The van der Waals surface area contributed by atoms with Gasteiger partial charge < -0.3 is 10.2 Å². The third-order valence-electron chi connectivity index (χ3n) is 3.75. The zero-order valence-corrected chi connectivity index (χ0v) is 13.8. The molecule has 1 saturated heterocycles. The number of benzene rings is 1. The Morgan fingerprint density at radius 2 is 1.82 bits per heavy atom. The minimum absolute atomic E-state index is 0.0994. The highest BCUT2D eigenvalue weighted by atomic mass is 32.2. The summed E-state index contributed by atoms with van der Waals surface area (Å²) >= 11 is 0. The Bertz CT molecular complexity index is 605. The summed E-state index contributed by atoms with van der Waals surface area (Å²) < 4.78 is 24.8. The minimum Gasteiger partial charge on any atom is -0.371 e. The molecule has 122 valence electrons. The maximum atomic E-state index is 11.8. The van der Waals surface area contributed by atoms with Crippen LogP contribution in [0.15, 0.2) is 24.3 Å². The van der Waals surface area contributed by atoms with Crippen molar-refractivity contribution in [3.63, 3.8) is 0 Å². The highest BCUT2D eigenvalue weighted by Gasteiger charge is 2.24. The van der Waals surface area contributed by atoms with Crippen molar-refractivity contribution in [2.75, 3.05) is 35.5 Å². The van der Waals surface area contributed by atoms with E-state index in [1.54, 1.807) is 12.1 Å². The lowest BCUT2D eigenvalue weighted by Crippen LogP contribution is -2.40. The number of carbonyl (C=O) groups excluding carboxylic acids is 1. The van der Waals surface area contributed by atoms with Gasteiger partial charge in [-0.2, -0.15) is 0 Å². The first-order valence-electron chi connectivity index (χ1n) is 7.49. The molecule has 0 bridgehead atoms. The Morgan fingerprint density at radius 3 is 2.32 bits per heavy atom. The van der Waals surface area contributed by atoms with Gasteiger partial charge in [0.1, 0.15) is 0 Å². The smallest absolute Gasteiger partial charge is 0.229 e. The van der Waals surface area contributed by atoms with Gasteiger partial charge in [0.15, 0.2) is 0 Å². The second kappa shape index (κ2) is 7.00. The van der Waals surface area contributed by atoms with Crippen LogP contribution >= 0.6 is 0 Å². The van der Waals surface area contributed by atoms with Crippen LogP contribution in [0.2, 0.25) is 0 Å². The summed E-state index contributed by atoms with van der Waals surface area (Å²) in [6.45, 7) is 4.27. The summed E-state index contributed by atoms with van der Waals surface area (Å²) in [5, 5.41) is 2.88. The van der Waals surface area contributed by atoms with Crippen LogP contribution in [0.3, 0.4) is 0 Å². The van der Waals surface area contributed by atoms with Crippen molar-refractivity contribution in [2.45, 2.75) is 19.8 Å². The second-order valence-corrected chi connectivity index (χ2v) is 7.33. The molecule has 6 nitrogen and oxygen atoms in total. The van der Waals surface area contributed by atoms with Gasteiger partial charge in [-0.1, -0.05) is 0 Å². The fourth-order valence-corrected chi connectivity index (χ4v) is 3.24. The van der Waals surface area contributed by atoms with E-state index >= 15 is 0 Å². The molecular formula is C15H23N3O3S. The first-order chi connectivity index (χ1) is 10.4. The van der Waals surface area contributed by atoms with Crippen molar-refractivity contribution < 1.29 is 13.2 Å². The van der Waals surface area contributed by atoms with E-state index in [1.807, 2.05) is 19.1 Å². The molecule has 0 radical (unpaired) electrons. The first kappa shape index (κ1) is 16.6. The van der Waals surface area contributed by atoms with E-state index in [-0.39, 0.29) is 11.8 Å². The maximum Gasteiger partial charge on any atom is 0.229 e. The lowest BCUT2D eigenvalue weighted by atomic mass is 9.95. The van der Waals surface area contributed by atoms with E-state index in [0.717, 1.165) is 37.9 Å². The van der Waals surface area contributed by atoms with Crippen LogP contribution in [-0.4, -0.2) is 40.2 Å². The van der Waals surface area contributed by atoms with Crippen molar-refractivity contribution in [1.29, 1.82) is 0 Å². The third kappa shape index (κ3) is 4.62. The predicted octanol–water partition coefficient (Wildman–Crippen LogP) is 1.41. The number of hydrogen-bond acceptors (Lipinski definition) is 4. The van der Waals surface area contributed by atoms with Crippen molar-refractivity contribution in [2.24, 2.45) is 5.92 Å². The number of carbonyl (C=O) groups is 1. The molecule has 0 unspecified atom stereocenters. The number of piperidine rings is 1. The van der Waals surface area contributed by atoms with Crippen LogP contribution in [0.1, 0.15) is 19.8 Å². The number of hydrogen-bond donors (Lipinski definition) is 2. The van der Waals surface area contributed by atoms with Crippen molar-refractivity contribution in [3.8, 4) is 0 Å². The fraction of sp³-hybridized carbons (Fsp3) is 0.533. The Labute approximate surface area is 131 Å². The molecule has 2 rings (SSSR count). The van der Waals surface area contributed by atoms with Gasteiger partial charge in [0, 0.05) is 36.9 Å². The first-order valence-corrected chi connectivity index (χ1v) is 9.38. The van der Waals surface area contributed by atoms with E-state index in [4.69, 9.17) is 0 Å². The molecule has 0 saturated carbocycles. The molecule has 1 amide bonds. The molecule has 7 heteroatoms.